The highest BCUT2D eigenvalue weighted by Gasteiger charge is 2.18. The number of rotatable bonds is 7. The van der Waals surface area contributed by atoms with Crippen LogP contribution in [0.1, 0.15) is 31.8 Å². The zero-order valence-electron chi connectivity index (χ0n) is 18.1. The maximum Gasteiger partial charge on any atom is 0.255 e. The molecule has 6 nitrogen and oxygen atoms in total. The second kappa shape index (κ2) is 9.48. The summed E-state index contributed by atoms with van der Waals surface area (Å²) in [6, 6.07) is 20.7. The van der Waals surface area contributed by atoms with Gasteiger partial charge in [-0.15, -0.1) is 0 Å². The number of carbonyl (C=O) groups excluding carboxylic acids is 2. The van der Waals surface area contributed by atoms with Crippen LogP contribution in [0.15, 0.2) is 79.0 Å². The molecule has 4 aromatic rings. The molecule has 0 saturated carbocycles. The summed E-state index contributed by atoms with van der Waals surface area (Å²) in [5.74, 6) is -1.11. The number of amides is 2. The Morgan fingerprint density at radius 1 is 1.03 bits per heavy atom. The van der Waals surface area contributed by atoms with Crippen LogP contribution < -0.4 is 11.1 Å². The van der Waals surface area contributed by atoms with Crippen molar-refractivity contribution in [1.29, 1.82) is 0 Å². The molecule has 0 unspecified atom stereocenters. The quantitative estimate of drug-likeness (QED) is 0.452. The van der Waals surface area contributed by atoms with Gasteiger partial charge >= 0.3 is 0 Å². The molecule has 33 heavy (non-hydrogen) atoms. The van der Waals surface area contributed by atoms with E-state index in [1.165, 1.54) is 12.1 Å². The summed E-state index contributed by atoms with van der Waals surface area (Å²) in [4.78, 5) is 24.4. The first kappa shape index (κ1) is 22.0. The van der Waals surface area contributed by atoms with Crippen molar-refractivity contribution in [3.8, 4) is 16.9 Å². The van der Waals surface area contributed by atoms with Crippen LogP contribution in [0.5, 0.6) is 0 Å². The smallest absolute Gasteiger partial charge is 0.255 e. The Kier molecular flexibility index (Phi) is 6.31. The molecule has 3 aromatic carbocycles. The summed E-state index contributed by atoms with van der Waals surface area (Å²) < 4.78 is 14.9. The van der Waals surface area contributed by atoms with Crippen molar-refractivity contribution in [3.63, 3.8) is 0 Å². The molecule has 2 amide bonds. The van der Waals surface area contributed by atoms with Crippen LogP contribution in [-0.2, 0) is 6.42 Å². The standard InChI is InChI=1S/C26H23FN4O2/c1-17-5-7-19(8-6-17)24-23(16-31(30-24)22-11-9-21(27)10-12-22)26(33)29-14-13-18-3-2-4-20(15-18)25(28)32/h2-12,15-16H,13-14H2,1H3,(H2,28,32)(H,29,33). The number of nitrogens with two attached hydrogens (primary N) is 1. The normalized spacial score (nSPS) is 10.7. The summed E-state index contributed by atoms with van der Waals surface area (Å²) in [5, 5.41) is 7.53. The van der Waals surface area contributed by atoms with E-state index in [2.05, 4.69) is 10.4 Å². The van der Waals surface area contributed by atoms with E-state index in [0.29, 0.717) is 35.5 Å². The van der Waals surface area contributed by atoms with Crippen LogP contribution in [0.4, 0.5) is 4.39 Å². The fourth-order valence-corrected chi connectivity index (χ4v) is 3.49. The van der Waals surface area contributed by atoms with Gasteiger partial charge in [-0.25, -0.2) is 9.07 Å². The summed E-state index contributed by atoms with van der Waals surface area (Å²) in [7, 11) is 0. The Labute approximate surface area is 190 Å². The number of carbonyl (C=O) groups is 2. The number of nitrogens with one attached hydrogen (secondary N) is 1. The van der Waals surface area contributed by atoms with Crippen LogP contribution >= 0.6 is 0 Å². The third-order valence-electron chi connectivity index (χ3n) is 5.29. The highest BCUT2D eigenvalue weighted by molar-refractivity contribution is 6.00. The molecule has 0 radical (unpaired) electrons. The minimum absolute atomic E-state index is 0.273. The Hall–Kier alpha value is -4.26. The van der Waals surface area contributed by atoms with Crippen molar-refractivity contribution in [2.75, 3.05) is 6.54 Å². The summed E-state index contributed by atoms with van der Waals surface area (Å²) >= 11 is 0. The van der Waals surface area contributed by atoms with E-state index in [4.69, 9.17) is 5.73 Å². The highest BCUT2D eigenvalue weighted by atomic mass is 19.1. The molecule has 4 rings (SSSR count). The fourth-order valence-electron chi connectivity index (χ4n) is 3.49. The number of aryl methyl sites for hydroxylation is 1. The lowest BCUT2D eigenvalue weighted by atomic mass is 10.1. The Balaban J connectivity index is 1.57. The Morgan fingerprint density at radius 3 is 2.45 bits per heavy atom. The number of aromatic nitrogens is 2. The Morgan fingerprint density at radius 2 is 1.76 bits per heavy atom. The SMILES string of the molecule is Cc1ccc(-c2nn(-c3ccc(F)cc3)cc2C(=O)NCCc2cccc(C(N)=O)c2)cc1. The number of hydrogen-bond donors (Lipinski definition) is 2. The van der Waals surface area contributed by atoms with Crippen LogP contribution in [0.25, 0.3) is 16.9 Å². The molecule has 0 aliphatic rings. The first-order valence-corrected chi connectivity index (χ1v) is 10.5. The zero-order chi connectivity index (χ0) is 23.4. The molecule has 0 saturated heterocycles. The number of hydrogen-bond acceptors (Lipinski definition) is 3. The molecule has 166 valence electrons. The molecule has 0 bridgehead atoms. The second-order valence-electron chi connectivity index (χ2n) is 7.75. The average Bonchev–Trinajstić information content (AvgIpc) is 3.26. The zero-order valence-corrected chi connectivity index (χ0v) is 18.1. The maximum atomic E-state index is 13.3. The molecule has 0 atom stereocenters. The predicted molar refractivity (Wildman–Crippen MR) is 125 cm³/mol. The molecule has 0 fully saturated rings. The first-order valence-electron chi connectivity index (χ1n) is 10.5. The lowest BCUT2D eigenvalue weighted by Crippen LogP contribution is -2.26. The van der Waals surface area contributed by atoms with Gasteiger partial charge in [-0.2, -0.15) is 5.10 Å². The van der Waals surface area contributed by atoms with Gasteiger partial charge in [0.05, 0.1) is 11.3 Å². The van der Waals surface area contributed by atoms with E-state index in [-0.39, 0.29) is 11.7 Å². The lowest BCUT2D eigenvalue weighted by Gasteiger charge is -2.07. The van der Waals surface area contributed by atoms with Crippen LogP contribution in [0.2, 0.25) is 0 Å². The van der Waals surface area contributed by atoms with Crippen LogP contribution in [0, 0.1) is 12.7 Å². The molecular weight excluding hydrogens is 419 g/mol. The average molecular weight is 442 g/mol. The van der Waals surface area contributed by atoms with Gasteiger partial charge in [-0.1, -0.05) is 42.0 Å². The molecule has 7 heteroatoms. The van der Waals surface area contributed by atoms with E-state index >= 15 is 0 Å². The van der Waals surface area contributed by atoms with Gasteiger partial charge in [0.1, 0.15) is 11.5 Å². The summed E-state index contributed by atoms with van der Waals surface area (Å²) in [5.41, 5.74) is 10.2. The monoisotopic (exact) mass is 442 g/mol. The van der Waals surface area contributed by atoms with Gasteiger partial charge in [-0.3, -0.25) is 9.59 Å². The molecule has 3 N–H and O–H groups in total. The van der Waals surface area contributed by atoms with Gasteiger partial charge in [0.2, 0.25) is 5.91 Å². The largest absolute Gasteiger partial charge is 0.366 e. The number of halogens is 1. The third-order valence-corrected chi connectivity index (χ3v) is 5.29. The fraction of sp³-hybridized carbons (Fsp3) is 0.115. The van der Waals surface area contributed by atoms with Crippen LogP contribution in [0.3, 0.4) is 0 Å². The third kappa shape index (κ3) is 5.15. The lowest BCUT2D eigenvalue weighted by molar-refractivity contribution is 0.0953. The van der Waals surface area contributed by atoms with E-state index in [0.717, 1.165) is 16.7 Å². The van der Waals surface area contributed by atoms with E-state index in [1.54, 1.807) is 41.2 Å². The van der Waals surface area contributed by atoms with Crippen molar-refractivity contribution < 1.29 is 14.0 Å². The van der Waals surface area contributed by atoms with Crippen molar-refractivity contribution in [3.05, 3.63) is 107 Å². The topological polar surface area (TPSA) is 90.0 Å². The van der Waals surface area contributed by atoms with Crippen molar-refractivity contribution in [1.82, 2.24) is 15.1 Å². The van der Waals surface area contributed by atoms with Gasteiger partial charge in [0.15, 0.2) is 0 Å². The van der Waals surface area contributed by atoms with Crippen LogP contribution in [-0.4, -0.2) is 28.1 Å². The molecule has 1 heterocycles. The van der Waals surface area contributed by atoms with Crippen molar-refractivity contribution >= 4 is 11.8 Å². The summed E-state index contributed by atoms with van der Waals surface area (Å²) in [6.45, 7) is 2.36. The highest BCUT2D eigenvalue weighted by Crippen LogP contribution is 2.24. The van der Waals surface area contributed by atoms with Gasteiger partial charge in [0, 0.05) is 23.9 Å². The minimum Gasteiger partial charge on any atom is -0.366 e. The number of benzene rings is 3. The number of nitrogens with zero attached hydrogens (tertiary/aromatic N) is 2. The summed E-state index contributed by atoms with van der Waals surface area (Å²) in [6.07, 6.45) is 2.18. The predicted octanol–water partition coefficient (Wildman–Crippen LogP) is 4.06. The first-order chi connectivity index (χ1) is 15.9. The Bertz CT molecular complexity index is 1290. The van der Waals surface area contributed by atoms with Crippen molar-refractivity contribution in [2.24, 2.45) is 5.73 Å². The van der Waals surface area contributed by atoms with Crippen molar-refractivity contribution in [2.45, 2.75) is 13.3 Å². The molecule has 1 aromatic heterocycles. The van der Waals surface area contributed by atoms with Gasteiger partial charge in [0.25, 0.3) is 5.91 Å². The maximum absolute atomic E-state index is 13.3. The van der Waals surface area contributed by atoms with Gasteiger partial charge in [-0.05, 0) is 55.3 Å². The van der Waals surface area contributed by atoms with E-state index in [1.807, 2.05) is 37.3 Å². The molecule has 0 spiro atoms. The second-order valence-corrected chi connectivity index (χ2v) is 7.75. The van der Waals surface area contributed by atoms with Gasteiger partial charge < -0.3 is 11.1 Å². The molecule has 0 aliphatic heterocycles. The number of primary amides is 1. The molecular formula is C26H23FN4O2. The minimum atomic E-state index is -0.489. The van der Waals surface area contributed by atoms with E-state index in [9.17, 15) is 14.0 Å². The molecule has 0 aliphatic carbocycles. The van der Waals surface area contributed by atoms with E-state index < -0.39 is 5.91 Å².